The highest BCUT2D eigenvalue weighted by molar-refractivity contribution is 7.17. The standard InChI is InChI=1S/C15H14ClNO3S/c1-20-14(18)8-9-17-15(19)13-7-6-12(21-13)10-2-4-11(16)5-3-10/h2-7H,8-9H2,1H3,(H,17,19). The third-order valence-corrected chi connectivity index (χ3v) is 4.19. The van der Waals surface area contributed by atoms with Crippen LogP contribution in [0.15, 0.2) is 36.4 Å². The van der Waals surface area contributed by atoms with Crippen molar-refractivity contribution >= 4 is 34.8 Å². The van der Waals surface area contributed by atoms with Crippen molar-refractivity contribution < 1.29 is 14.3 Å². The molecule has 2 aromatic rings. The maximum Gasteiger partial charge on any atom is 0.307 e. The average Bonchev–Trinajstić information content (AvgIpc) is 2.97. The minimum atomic E-state index is -0.344. The van der Waals surface area contributed by atoms with Crippen LogP contribution < -0.4 is 5.32 Å². The highest BCUT2D eigenvalue weighted by atomic mass is 35.5. The molecule has 0 unspecified atom stereocenters. The maximum absolute atomic E-state index is 11.9. The molecule has 2 rings (SSSR count). The molecule has 0 aliphatic carbocycles. The van der Waals surface area contributed by atoms with E-state index in [1.54, 1.807) is 6.07 Å². The molecule has 1 heterocycles. The van der Waals surface area contributed by atoms with Gasteiger partial charge in [0.2, 0.25) is 0 Å². The summed E-state index contributed by atoms with van der Waals surface area (Å²) in [5, 5.41) is 3.36. The van der Waals surface area contributed by atoms with Gasteiger partial charge in [0.15, 0.2) is 0 Å². The Morgan fingerprint density at radius 2 is 1.90 bits per heavy atom. The van der Waals surface area contributed by atoms with Gasteiger partial charge in [-0.15, -0.1) is 11.3 Å². The summed E-state index contributed by atoms with van der Waals surface area (Å²) in [7, 11) is 1.32. The fourth-order valence-electron chi connectivity index (χ4n) is 1.70. The topological polar surface area (TPSA) is 55.4 Å². The van der Waals surface area contributed by atoms with E-state index in [0.29, 0.717) is 9.90 Å². The van der Waals surface area contributed by atoms with E-state index in [1.807, 2.05) is 30.3 Å². The molecule has 1 aromatic heterocycles. The summed E-state index contributed by atoms with van der Waals surface area (Å²) in [5.74, 6) is -0.535. The van der Waals surface area contributed by atoms with Crippen LogP contribution in [-0.2, 0) is 9.53 Å². The van der Waals surface area contributed by atoms with E-state index < -0.39 is 0 Å². The van der Waals surface area contributed by atoms with Crippen molar-refractivity contribution in [2.45, 2.75) is 6.42 Å². The van der Waals surface area contributed by atoms with Gasteiger partial charge in [-0.1, -0.05) is 23.7 Å². The third kappa shape index (κ3) is 4.31. The monoisotopic (exact) mass is 323 g/mol. The van der Waals surface area contributed by atoms with Crippen LogP contribution in [0.2, 0.25) is 5.02 Å². The molecular weight excluding hydrogens is 310 g/mol. The molecule has 4 nitrogen and oxygen atoms in total. The first-order chi connectivity index (χ1) is 10.1. The average molecular weight is 324 g/mol. The van der Waals surface area contributed by atoms with Gasteiger partial charge in [0.25, 0.3) is 5.91 Å². The van der Waals surface area contributed by atoms with Gasteiger partial charge in [-0.05, 0) is 29.8 Å². The quantitative estimate of drug-likeness (QED) is 0.858. The number of ether oxygens (including phenoxy) is 1. The molecule has 0 fully saturated rings. The maximum atomic E-state index is 11.9. The van der Waals surface area contributed by atoms with Crippen LogP contribution >= 0.6 is 22.9 Å². The predicted octanol–water partition coefficient (Wildman–Crippen LogP) is 3.36. The van der Waals surface area contributed by atoms with E-state index in [-0.39, 0.29) is 24.8 Å². The lowest BCUT2D eigenvalue weighted by atomic mass is 10.2. The largest absolute Gasteiger partial charge is 0.469 e. The van der Waals surface area contributed by atoms with Gasteiger partial charge in [-0.25, -0.2) is 0 Å². The molecule has 1 N–H and O–H groups in total. The molecule has 0 spiro atoms. The summed E-state index contributed by atoms with van der Waals surface area (Å²) in [6.45, 7) is 0.264. The second-order valence-corrected chi connectivity index (χ2v) is 5.77. The van der Waals surface area contributed by atoms with Gasteiger partial charge in [0.1, 0.15) is 0 Å². The summed E-state index contributed by atoms with van der Waals surface area (Å²) in [6, 6.07) is 11.1. The van der Waals surface area contributed by atoms with Crippen LogP contribution in [0.4, 0.5) is 0 Å². The number of carbonyl (C=O) groups excluding carboxylic acids is 2. The minimum Gasteiger partial charge on any atom is -0.469 e. The van der Waals surface area contributed by atoms with E-state index in [2.05, 4.69) is 10.1 Å². The van der Waals surface area contributed by atoms with Gasteiger partial charge in [-0.2, -0.15) is 0 Å². The number of nitrogens with one attached hydrogen (secondary N) is 1. The minimum absolute atomic E-state index is 0.164. The summed E-state index contributed by atoms with van der Waals surface area (Å²) in [6.07, 6.45) is 0.164. The van der Waals surface area contributed by atoms with Crippen molar-refractivity contribution in [2.24, 2.45) is 0 Å². The van der Waals surface area contributed by atoms with Gasteiger partial charge < -0.3 is 10.1 Å². The first-order valence-electron chi connectivity index (χ1n) is 6.31. The number of methoxy groups -OCH3 is 1. The lowest BCUT2D eigenvalue weighted by Crippen LogP contribution is -2.25. The number of benzene rings is 1. The zero-order valence-corrected chi connectivity index (χ0v) is 13.0. The number of rotatable bonds is 5. The Bertz CT molecular complexity index is 637. The van der Waals surface area contributed by atoms with Crippen LogP contribution in [0.25, 0.3) is 10.4 Å². The Morgan fingerprint density at radius 1 is 1.19 bits per heavy atom. The fourth-order valence-corrected chi connectivity index (χ4v) is 2.75. The van der Waals surface area contributed by atoms with Crippen LogP contribution in [0, 0.1) is 0 Å². The number of hydrogen-bond acceptors (Lipinski definition) is 4. The van der Waals surface area contributed by atoms with Crippen molar-refractivity contribution in [1.29, 1.82) is 0 Å². The van der Waals surface area contributed by atoms with Crippen LogP contribution in [0.1, 0.15) is 16.1 Å². The van der Waals surface area contributed by atoms with Crippen molar-refractivity contribution in [3.8, 4) is 10.4 Å². The van der Waals surface area contributed by atoms with E-state index in [1.165, 1.54) is 18.4 Å². The molecule has 110 valence electrons. The van der Waals surface area contributed by atoms with Crippen molar-refractivity contribution in [3.63, 3.8) is 0 Å². The Hall–Kier alpha value is -1.85. The number of esters is 1. The van der Waals surface area contributed by atoms with Crippen molar-refractivity contribution in [3.05, 3.63) is 46.3 Å². The van der Waals surface area contributed by atoms with Crippen molar-refractivity contribution in [2.75, 3.05) is 13.7 Å². The molecule has 21 heavy (non-hydrogen) atoms. The number of halogens is 1. The lowest BCUT2D eigenvalue weighted by molar-refractivity contribution is -0.140. The van der Waals surface area contributed by atoms with Gasteiger partial charge in [0, 0.05) is 16.4 Å². The normalized spacial score (nSPS) is 10.2. The molecular formula is C15H14ClNO3S. The number of carbonyl (C=O) groups is 2. The first-order valence-corrected chi connectivity index (χ1v) is 7.50. The molecule has 0 bridgehead atoms. The molecule has 6 heteroatoms. The zero-order chi connectivity index (χ0) is 15.2. The second-order valence-electron chi connectivity index (χ2n) is 4.25. The molecule has 0 saturated carbocycles. The fraction of sp³-hybridized carbons (Fsp3) is 0.200. The summed E-state index contributed by atoms with van der Waals surface area (Å²) in [4.78, 5) is 24.5. The van der Waals surface area contributed by atoms with Gasteiger partial charge >= 0.3 is 5.97 Å². The number of thiophene rings is 1. The highest BCUT2D eigenvalue weighted by Gasteiger charge is 2.10. The molecule has 0 radical (unpaired) electrons. The van der Waals surface area contributed by atoms with Gasteiger partial charge in [0.05, 0.1) is 18.4 Å². The second kappa shape index (κ2) is 7.24. The Labute approximate surface area is 131 Å². The number of amides is 1. The van der Waals surface area contributed by atoms with E-state index >= 15 is 0 Å². The molecule has 0 saturated heterocycles. The Morgan fingerprint density at radius 3 is 2.57 bits per heavy atom. The molecule has 0 aliphatic rings. The van der Waals surface area contributed by atoms with Crippen LogP contribution in [0.5, 0.6) is 0 Å². The van der Waals surface area contributed by atoms with Crippen LogP contribution in [-0.4, -0.2) is 25.5 Å². The Kier molecular flexibility index (Phi) is 5.36. The molecule has 0 aliphatic heterocycles. The summed E-state index contributed by atoms with van der Waals surface area (Å²) in [5.41, 5.74) is 1.01. The smallest absolute Gasteiger partial charge is 0.307 e. The third-order valence-electron chi connectivity index (χ3n) is 2.80. The summed E-state index contributed by atoms with van der Waals surface area (Å²) < 4.78 is 4.51. The molecule has 1 amide bonds. The summed E-state index contributed by atoms with van der Waals surface area (Å²) >= 11 is 7.24. The van der Waals surface area contributed by atoms with E-state index in [9.17, 15) is 9.59 Å². The van der Waals surface area contributed by atoms with E-state index in [0.717, 1.165) is 10.4 Å². The first kappa shape index (κ1) is 15.5. The lowest BCUT2D eigenvalue weighted by Gasteiger charge is -2.02. The SMILES string of the molecule is COC(=O)CCNC(=O)c1ccc(-c2ccc(Cl)cc2)s1. The highest BCUT2D eigenvalue weighted by Crippen LogP contribution is 2.28. The van der Waals surface area contributed by atoms with Crippen molar-refractivity contribution in [1.82, 2.24) is 5.32 Å². The zero-order valence-electron chi connectivity index (χ0n) is 11.4. The Balaban J connectivity index is 1.97. The number of hydrogen-bond donors (Lipinski definition) is 1. The molecule has 0 atom stereocenters. The van der Waals surface area contributed by atoms with E-state index in [4.69, 9.17) is 11.6 Å². The predicted molar refractivity (Wildman–Crippen MR) is 83.7 cm³/mol. The van der Waals surface area contributed by atoms with Crippen LogP contribution in [0.3, 0.4) is 0 Å². The molecule has 1 aromatic carbocycles. The van der Waals surface area contributed by atoms with Gasteiger partial charge in [-0.3, -0.25) is 9.59 Å².